The first-order valence-electron chi connectivity index (χ1n) is 9.76. The average molecular weight is 338 g/mol. The molecule has 1 saturated carbocycles. The molecule has 0 aliphatic heterocycles. The fraction of sp³-hybridized carbons (Fsp3) is 0.478. The monoisotopic (exact) mass is 337 g/mol. The van der Waals surface area contributed by atoms with Gasteiger partial charge in [0.1, 0.15) is 5.75 Å². The van der Waals surface area contributed by atoms with Crippen molar-refractivity contribution < 1.29 is 4.74 Å². The summed E-state index contributed by atoms with van der Waals surface area (Å²) in [7, 11) is 1.72. The van der Waals surface area contributed by atoms with Crippen LogP contribution in [0.2, 0.25) is 0 Å². The molecule has 25 heavy (non-hydrogen) atoms. The maximum atomic E-state index is 5.25. The highest BCUT2D eigenvalue weighted by atomic mass is 16.5. The van der Waals surface area contributed by atoms with Gasteiger partial charge in [-0.2, -0.15) is 0 Å². The van der Waals surface area contributed by atoms with Crippen LogP contribution in [-0.4, -0.2) is 24.6 Å². The van der Waals surface area contributed by atoms with Crippen LogP contribution < -0.4 is 4.74 Å². The molecule has 3 rings (SSSR count). The SMILES string of the molecule is COc1ccc(CCCN(Cc2ccccc2)C2CCCCC2)cc1. The highest BCUT2D eigenvalue weighted by Crippen LogP contribution is 2.24. The number of aryl methyl sites for hydroxylation is 1. The summed E-state index contributed by atoms with van der Waals surface area (Å²) in [5.74, 6) is 0.941. The van der Waals surface area contributed by atoms with E-state index in [2.05, 4.69) is 59.5 Å². The summed E-state index contributed by atoms with van der Waals surface area (Å²) >= 11 is 0. The molecule has 0 unspecified atom stereocenters. The van der Waals surface area contributed by atoms with Crippen LogP contribution in [0.15, 0.2) is 54.6 Å². The minimum atomic E-state index is 0.768. The Morgan fingerprint density at radius 1 is 0.880 bits per heavy atom. The summed E-state index contributed by atoms with van der Waals surface area (Å²) in [6, 6.07) is 20.2. The first kappa shape index (κ1) is 18.0. The van der Waals surface area contributed by atoms with Crippen molar-refractivity contribution in [1.82, 2.24) is 4.90 Å². The van der Waals surface area contributed by atoms with Gasteiger partial charge in [-0.15, -0.1) is 0 Å². The van der Waals surface area contributed by atoms with E-state index in [0.29, 0.717) is 0 Å². The van der Waals surface area contributed by atoms with Crippen molar-refractivity contribution in [1.29, 1.82) is 0 Å². The molecule has 0 spiro atoms. The molecule has 0 atom stereocenters. The zero-order chi connectivity index (χ0) is 17.3. The van der Waals surface area contributed by atoms with Crippen LogP contribution in [0.3, 0.4) is 0 Å². The van der Waals surface area contributed by atoms with E-state index < -0.39 is 0 Å². The second kappa shape index (κ2) is 9.62. The molecule has 0 N–H and O–H groups in total. The molecule has 0 heterocycles. The summed E-state index contributed by atoms with van der Waals surface area (Å²) in [5.41, 5.74) is 2.85. The Hall–Kier alpha value is -1.80. The van der Waals surface area contributed by atoms with Crippen LogP contribution in [-0.2, 0) is 13.0 Å². The molecule has 2 nitrogen and oxygen atoms in total. The molecule has 0 saturated heterocycles. The number of methoxy groups -OCH3 is 1. The number of hydrogen-bond donors (Lipinski definition) is 0. The van der Waals surface area contributed by atoms with Gasteiger partial charge in [0.25, 0.3) is 0 Å². The highest BCUT2D eigenvalue weighted by molar-refractivity contribution is 5.27. The fourth-order valence-electron chi connectivity index (χ4n) is 3.93. The van der Waals surface area contributed by atoms with E-state index in [1.807, 2.05) is 0 Å². The Morgan fingerprint density at radius 3 is 2.28 bits per heavy atom. The zero-order valence-corrected chi connectivity index (χ0v) is 15.5. The van der Waals surface area contributed by atoms with Gasteiger partial charge in [0.05, 0.1) is 7.11 Å². The van der Waals surface area contributed by atoms with E-state index in [0.717, 1.165) is 24.8 Å². The van der Waals surface area contributed by atoms with Gasteiger partial charge in [-0.05, 0) is 55.5 Å². The third-order valence-corrected chi connectivity index (χ3v) is 5.39. The lowest BCUT2D eigenvalue weighted by molar-refractivity contribution is 0.146. The van der Waals surface area contributed by atoms with E-state index in [9.17, 15) is 0 Å². The molecular weight excluding hydrogens is 306 g/mol. The molecule has 134 valence electrons. The molecule has 2 heteroatoms. The summed E-state index contributed by atoms with van der Waals surface area (Å²) < 4.78 is 5.25. The first-order chi connectivity index (χ1) is 12.3. The maximum Gasteiger partial charge on any atom is 0.118 e. The molecule has 0 aromatic heterocycles. The van der Waals surface area contributed by atoms with E-state index in [1.54, 1.807) is 7.11 Å². The van der Waals surface area contributed by atoms with Crippen LogP contribution >= 0.6 is 0 Å². The predicted molar refractivity (Wildman–Crippen MR) is 105 cm³/mol. The quantitative estimate of drug-likeness (QED) is 0.634. The maximum absolute atomic E-state index is 5.25. The minimum Gasteiger partial charge on any atom is -0.497 e. The molecular formula is C23H31NO. The predicted octanol–water partition coefficient (Wildman–Crippen LogP) is 5.46. The van der Waals surface area contributed by atoms with Crippen molar-refractivity contribution in [2.24, 2.45) is 0 Å². The Morgan fingerprint density at radius 2 is 1.60 bits per heavy atom. The first-order valence-corrected chi connectivity index (χ1v) is 9.76. The van der Waals surface area contributed by atoms with Crippen LogP contribution in [0, 0.1) is 0 Å². The second-order valence-corrected chi connectivity index (χ2v) is 7.20. The molecule has 2 aromatic carbocycles. The fourth-order valence-corrected chi connectivity index (χ4v) is 3.93. The molecule has 0 radical (unpaired) electrons. The number of rotatable bonds is 8. The van der Waals surface area contributed by atoms with Gasteiger partial charge in [0.2, 0.25) is 0 Å². The van der Waals surface area contributed by atoms with Gasteiger partial charge < -0.3 is 4.74 Å². The Balaban J connectivity index is 1.56. The Bertz CT molecular complexity index is 602. The van der Waals surface area contributed by atoms with Gasteiger partial charge >= 0.3 is 0 Å². The highest BCUT2D eigenvalue weighted by Gasteiger charge is 2.20. The van der Waals surface area contributed by atoms with Crippen molar-refractivity contribution in [2.75, 3.05) is 13.7 Å². The van der Waals surface area contributed by atoms with Crippen LogP contribution in [0.25, 0.3) is 0 Å². The normalized spacial score (nSPS) is 15.4. The molecule has 1 aliphatic carbocycles. The Labute approximate surface area is 152 Å². The van der Waals surface area contributed by atoms with Crippen LogP contribution in [0.1, 0.15) is 49.7 Å². The standard InChI is InChI=1S/C23H31NO/c1-25-23-16-14-20(15-17-23)11-8-18-24(22-12-6-3-7-13-22)19-21-9-4-2-5-10-21/h2,4-5,9-10,14-17,22H,3,6-8,11-13,18-19H2,1H3. The largest absolute Gasteiger partial charge is 0.497 e. The number of benzene rings is 2. The summed E-state index contributed by atoms with van der Waals surface area (Å²) in [5, 5.41) is 0. The van der Waals surface area contributed by atoms with E-state index in [1.165, 1.54) is 56.2 Å². The number of hydrogen-bond acceptors (Lipinski definition) is 2. The van der Waals surface area contributed by atoms with Crippen molar-refractivity contribution in [3.05, 3.63) is 65.7 Å². The zero-order valence-electron chi connectivity index (χ0n) is 15.5. The van der Waals surface area contributed by atoms with Gasteiger partial charge in [-0.25, -0.2) is 0 Å². The molecule has 1 fully saturated rings. The smallest absolute Gasteiger partial charge is 0.118 e. The van der Waals surface area contributed by atoms with Crippen molar-refractivity contribution in [3.8, 4) is 5.75 Å². The van der Waals surface area contributed by atoms with Gasteiger partial charge in [-0.3, -0.25) is 4.90 Å². The lowest BCUT2D eigenvalue weighted by Gasteiger charge is -2.34. The second-order valence-electron chi connectivity index (χ2n) is 7.20. The van der Waals surface area contributed by atoms with Crippen LogP contribution in [0.5, 0.6) is 5.75 Å². The topological polar surface area (TPSA) is 12.5 Å². The summed E-state index contributed by atoms with van der Waals surface area (Å²) in [6.07, 6.45) is 9.31. The van der Waals surface area contributed by atoms with E-state index in [-0.39, 0.29) is 0 Å². The molecule has 0 amide bonds. The van der Waals surface area contributed by atoms with Crippen molar-refractivity contribution in [2.45, 2.75) is 57.5 Å². The lowest BCUT2D eigenvalue weighted by atomic mass is 9.93. The molecule has 0 bridgehead atoms. The Kier molecular flexibility index (Phi) is 6.93. The van der Waals surface area contributed by atoms with Gasteiger partial charge in [0.15, 0.2) is 0 Å². The summed E-state index contributed by atoms with van der Waals surface area (Å²) in [6.45, 7) is 2.28. The lowest BCUT2D eigenvalue weighted by Crippen LogP contribution is -2.37. The summed E-state index contributed by atoms with van der Waals surface area (Å²) in [4.78, 5) is 2.73. The molecule has 1 aliphatic rings. The number of ether oxygens (including phenoxy) is 1. The molecule has 2 aromatic rings. The average Bonchev–Trinajstić information content (AvgIpc) is 2.69. The van der Waals surface area contributed by atoms with E-state index >= 15 is 0 Å². The van der Waals surface area contributed by atoms with Gasteiger partial charge in [-0.1, -0.05) is 61.7 Å². The van der Waals surface area contributed by atoms with Crippen LogP contribution in [0.4, 0.5) is 0 Å². The van der Waals surface area contributed by atoms with E-state index in [4.69, 9.17) is 4.74 Å². The van der Waals surface area contributed by atoms with Crippen molar-refractivity contribution in [3.63, 3.8) is 0 Å². The minimum absolute atomic E-state index is 0.768. The van der Waals surface area contributed by atoms with Crippen molar-refractivity contribution >= 4 is 0 Å². The van der Waals surface area contributed by atoms with Gasteiger partial charge in [0, 0.05) is 12.6 Å². The number of nitrogens with zero attached hydrogens (tertiary/aromatic N) is 1. The third-order valence-electron chi connectivity index (χ3n) is 5.39. The third kappa shape index (κ3) is 5.61.